The van der Waals surface area contributed by atoms with Crippen molar-refractivity contribution in [2.75, 3.05) is 0 Å². The minimum absolute atomic E-state index is 0.231. The van der Waals surface area contributed by atoms with Gasteiger partial charge in [0.05, 0.1) is 0 Å². The third-order valence-corrected chi connectivity index (χ3v) is 4.02. The molecule has 1 heterocycles. The van der Waals surface area contributed by atoms with Crippen LogP contribution >= 0.6 is 11.3 Å². The molecule has 16 heavy (non-hydrogen) atoms. The van der Waals surface area contributed by atoms with Gasteiger partial charge in [-0.05, 0) is 30.9 Å². The summed E-state index contributed by atoms with van der Waals surface area (Å²) in [7, 11) is 0. The number of ketones is 1. The van der Waals surface area contributed by atoms with Crippen LogP contribution in [0.3, 0.4) is 0 Å². The fraction of sp³-hybridized carbons (Fsp3) is 0.214. The van der Waals surface area contributed by atoms with E-state index in [9.17, 15) is 4.79 Å². The molecule has 0 N–H and O–H groups in total. The van der Waals surface area contributed by atoms with Crippen LogP contribution in [0.1, 0.15) is 29.6 Å². The lowest BCUT2D eigenvalue weighted by Gasteiger charge is -1.99. The van der Waals surface area contributed by atoms with Crippen molar-refractivity contribution < 1.29 is 4.79 Å². The molecule has 0 atom stereocenters. The summed E-state index contributed by atoms with van der Waals surface area (Å²) >= 11 is 1.65. The molecule has 2 aromatic rings. The Morgan fingerprint density at radius 3 is 2.94 bits per heavy atom. The zero-order valence-electron chi connectivity index (χ0n) is 8.90. The van der Waals surface area contributed by atoms with E-state index < -0.39 is 0 Å². The Morgan fingerprint density at radius 2 is 2.12 bits per heavy atom. The first-order valence-corrected chi connectivity index (χ1v) is 6.44. The predicted octanol–water partition coefficient (Wildman–Crippen LogP) is 4.19. The third-order valence-electron chi connectivity index (χ3n) is 3.06. The molecule has 80 valence electrons. The third kappa shape index (κ3) is 1.50. The zero-order valence-corrected chi connectivity index (χ0v) is 9.72. The van der Waals surface area contributed by atoms with Gasteiger partial charge in [-0.15, -0.1) is 11.3 Å². The molecule has 0 saturated heterocycles. The van der Waals surface area contributed by atoms with Gasteiger partial charge in [-0.1, -0.05) is 24.3 Å². The van der Waals surface area contributed by atoms with Crippen LogP contribution in [0.4, 0.5) is 0 Å². The minimum atomic E-state index is 0.231. The number of benzene rings is 1. The average Bonchev–Trinajstić information content (AvgIpc) is 2.98. The average molecular weight is 228 g/mol. The topological polar surface area (TPSA) is 17.1 Å². The highest BCUT2D eigenvalue weighted by atomic mass is 32.1. The van der Waals surface area contributed by atoms with Gasteiger partial charge < -0.3 is 0 Å². The smallest absolute Gasteiger partial charge is 0.190 e. The number of hydrogen-bond acceptors (Lipinski definition) is 2. The fourth-order valence-electron chi connectivity index (χ4n) is 2.20. The number of Topliss-reactive ketones (excluding diaryl/α,β-unsaturated/α-hetero) is 1. The van der Waals surface area contributed by atoms with Gasteiger partial charge in [-0.25, -0.2) is 0 Å². The van der Waals surface area contributed by atoms with Crippen molar-refractivity contribution >= 4 is 27.2 Å². The maximum atomic E-state index is 12.3. The number of fused-ring (bicyclic) bond motifs is 1. The number of thiophene rings is 1. The SMILES string of the molecule is O=C(C1=CCCC1)c1csc2ccccc12. The van der Waals surface area contributed by atoms with Crippen molar-refractivity contribution in [3.8, 4) is 0 Å². The van der Waals surface area contributed by atoms with Crippen molar-refractivity contribution in [3.05, 3.63) is 46.9 Å². The van der Waals surface area contributed by atoms with E-state index in [1.807, 2.05) is 23.6 Å². The number of hydrogen-bond donors (Lipinski definition) is 0. The molecule has 2 heteroatoms. The molecule has 1 aromatic heterocycles. The van der Waals surface area contributed by atoms with E-state index in [1.54, 1.807) is 11.3 Å². The molecule has 0 radical (unpaired) electrons. The molecule has 1 aliphatic rings. The minimum Gasteiger partial charge on any atom is -0.289 e. The summed E-state index contributed by atoms with van der Waals surface area (Å²) in [4.78, 5) is 12.3. The molecule has 0 unspecified atom stereocenters. The van der Waals surface area contributed by atoms with Crippen LogP contribution in [-0.2, 0) is 0 Å². The molecule has 1 aromatic carbocycles. The molecule has 0 amide bonds. The number of rotatable bonds is 2. The Labute approximate surface area is 98.4 Å². The van der Waals surface area contributed by atoms with Crippen LogP contribution in [0.5, 0.6) is 0 Å². The molecule has 0 spiro atoms. The lowest BCUT2D eigenvalue weighted by Crippen LogP contribution is -2.00. The van der Waals surface area contributed by atoms with Crippen LogP contribution in [-0.4, -0.2) is 5.78 Å². The highest BCUT2D eigenvalue weighted by Gasteiger charge is 2.18. The molecule has 0 aliphatic heterocycles. The van der Waals surface area contributed by atoms with Gasteiger partial charge >= 0.3 is 0 Å². The molecule has 3 rings (SSSR count). The maximum absolute atomic E-state index is 12.3. The second-order valence-corrected chi connectivity index (χ2v) is 5.01. The summed E-state index contributed by atoms with van der Waals surface area (Å²) in [5, 5.41) is 3.09. The van der Waals surface area contributed by atoms with E-state index in [1.165, 1.54) is 4.70 Å². The molecule has 0 bridgehead atoms. The van der Waals surface area contributed by atoms with Crippen LogP contribution in [0.2, 0.25) is 0 Å². The molecule has 1 aliphatic carbocycles. The lowest BCUT2D eigenvalue weighted by molar-refractivity contribution is 0.103. The summed E-state index contributed by atoms with van der Waals surface area (Å²) in [6.07, 6.45) is 5.23. The summed E-state index contributed by atoms with van der Waals surface area (Å²) in [6.45, 7) is 0. The normalized spacial score (nSPS) is 15.4. The monoisotopic (exact) mass is 228 g/mol. The fourth-order valence-corrected chi connectivity index (χ4v) is 3.14. The highest BCUT2D eigenvalue weighted by molar-refractivity contribution is 7.17. The van der Waals surface area contributed by atoms with Crippen molar-refractivity contribution in [2.45, 2.75) is 19.3 Å². The van der Waals surface area contributed by atoms with Crippen LogP contribution in [0, 0.1) is 0 Å². The van der Waals surface area contributed by atoms with E-state index in [4.69, 9.17) is 0 Å². The van der Waals surface area contributed by atoms with Gasteiger partial charge in [-0.3, -0.25) is 4.79 Å². The standard InChI is InChI=1S/C14H12OS/c15-14(10-5-1-2-6-10)12-9-16-13-8-4-3-7-11(12)13/h3-5,7-9H,1-2,6H2. The van der Waals surface area contributed by atoms with E-state index in [2.05, 4.69) is 12.1 Å². The summed E-state index contributed by atoms with van der Waals surface area (Å²) < 4.78 is 1.20. The summed E-state index contributed by atoms with van der Waals surface area (Å²) in [6, 6.07) is 8.12. The van der Waals surface area contributed by atoms with Gasteiger partial charge in [0.15, 0.2) is 5.78 Å². The van der Waals surface area contributed by atoms with Gasteiger partial charge in [0.25, 0.3) is 0 Å². The van der Waals surface area contributed by atoms with Gasteiger partial charge in [0, 0.05) is 21.0 Å². The molecular weight excluding hydrogens is 216 g/mol. The van der Waals surface area contributed by atoms with Crippen LogP contribution in [0.25, 0.3) is 10.1 Å². The quantitative estimate of drug-likeness (QED) is 0.704. The van der Waals surface area contributed by atoms with Crippen LogP contribution < -0.4 is 0 Å². The Balaban J connectivity index is 2.09. The first-order chi connectivity index (χ1) is 7.86. The van der Waals surface area contributed by atoms with Gasteiger partial charge in [-0.2, -0.15) is 0 Å². The van der Waals surface area contributed by atoms with E-state index >= 15 is 0 Å². The second-order valence-electron chi connectivity index (χ2n) is 4.10. The summed E-state index contributed by atoms with van der Waals surface area (Å²) in [5.41, 5.74) is 1.89. The highest BCUT2D eigenvalue weighted by Crippen LogP contribution is 2.30. The molecular formula is C14H12OS. The predicted molar refractivity (Wildman–Crippen MR) is 68.1 cm³/mol. The zero-order chi connectivity index (χ0) is 11.0. The largest absolute Gasteiger partial charge is 0.289 e. The van der Waals surface area contributed by atoms with Crippen molar-refractivity contribution in [1.29, 1.82) is 0 Å². The first-order valence-electron chi connectivity index (χ1n) is 5.56. The van der Waals surface area contributed by atoms with Crippen LogP contribution in [0.15, 0.2) is 41.3 Å². The summed E-state index contributed by atoms with van der Waals surface area (Å²) in [5.74, 6) is 0.231. The Bertz CT molecular complexity index is 577. The van der Waals surface area contributed by atoms with Crippen molar-refractivity contribution in [3.63, 3.8) is 0 Å². The molecule has 1 nitrogen and oxygen atoms in total. The molecule has 0 fully saturated rings. The van der Waals surface area contributed by atoms with E-state index in [-0.39, 0.29) is 5.78 Å². The van der Waals surface area contributed by atoms with E-state index in [0.717, 1.165) is 35.8 Å². The maximum Gasteiger partial charge on any atom is 0.190 e. The lowest BCUT2D eigenvalue weighted by atomic mass is 10.0. The Kier molecular flexibility index (Phi) is 2.37. The second kappa shape index (κ2) is 3.87. The first kappa shape index (κ1) is 9.79. The van der Waals surface area contributed by atoms with Crippen molar-refractivity contribution in [2.24, 2.45) is 0 Å². The van der Waals surface area contributed by atoms with Crippen molar-refractivity contribution in [1.82, 2.24) is 0 Å². The van der Waals surface area contributed by atoms with Gasteiger partial charge in [0.2, 0.25) is 0 Å². The number of carbonyl (C=O) groups is 1. The number of allylic oxidation sites excluding steroid dienone is 2. The van der Waals surface area contributed by atoms with E-state index in [0.29, 0.717) is 0 Å². The Hall–Kier alpha value is -1.41. The van der Waals surface area contributed by atoms with Gasteiger partial charge in [0.1, 0.15) is 0 Å². The number of carbonyl (C=O) groups excluding carboxylic acids is 1. The molecule has 0 saturated carbocycles. The Morgan fingerprint density at radius 1 is 1.25 bits per heavy atom.